The first-order valence-electron chi connectivity index (χ1n) is 6.02. The van der Waals surface area contributed by atoms with Crippen LogP contribution in [-0.4, -0.2) is 14.3 Å². The average molecular weight is 266 g/mol. The van der Waals surface area contributed by atoms with Crippen molar-refractivity contribution in [1.82, 2.24) is 5.48 Å². The summed E-state index contributed by atoms with van der Waals surface area (Å²) < 4.78 is 5.60. The van der Waals surface area contributed by atoms with Crippen LogP contribution in [-0.2, 0) is 4.53 Å². The molecule has 0 radical (unpaired) electrons. The number of hydroxylamine groups is 1. The highest BCUT2D eigenvalue weighted by atomic mass is 28.4. The molecule has 1 aromatic carbocycles. The summed E-state index contributed by atoms with van der Waals surface area (Å²) in [5.74, 6) is 0. The quantitative estimate of drug-likeness (QED) is 0.646. The lowest BCUT2D eigenvalue weighted by Crippen LogP contribution is -2.47. The fraction of sp³-hybridized carbons (Fsp3) is 0.462. The number of benzene rings is 1. The number of hydrogen-bond acceptors (Lipinski definition) is 2. The number of anilines is 1. The highest BCUT2D eigenvalue weighted by Crippen LogP contribution is 2.35. The Labute approximate surface area is 110 Å². The van der Waals surface area contributed by atoms with E-state index in [-0.39, 0.29) is 11.1 Å². The summed E-state index contributed by atoms with van der Waals surface area (Å²) in [4.78, 5) is 11.7. The number of carbonyl (C=O) groups is 1. The predicted octanol–water partition coefficient (Wildman–Crippen LogP) is 3.74. The zero-order valence-corrected chi connectivity index (χ0v) is 12.7. The van der Waals surface area contributed by atoms with E-state index >= 15 is 0 Å². The van der Waals surface area contributed by atoms with Crippen LogP contribution in [0.3, 0.4) is 0 Å². The van der Waals surface area contributed by atoms with E-state index in [9.17, 15) is 4.79 Å². The molecular weight excluding hydrogens is 244 g/mol. The lowest BCUT2D eigenvalue weighted by molar-refractivity contribution is 0.176. The summed E-state index contributed by atoms with van der Waals surface area (Å²) in [7, 11) is -1.96. The van der Waals surface area contributed by atoms with Gasteiger partial charge in [0.1, 0.15) is 0 Å². The molecule has 0 saturated heterocycles. The van der Waals surface area contributed by atoms with Crippen LogP contribution in [0.2, 0.25) is 18.1 Å². The van der Waals surface area contributed by atoms with E-state index in [4.69, 9.17) is 4.53 Å². The van der Waals surface area contributed by atoms with Gasteiger partial charge in [0, 0.05) is 5.69 Å². The molecule has 0 bridgehead atoms. The van der Waals surface area contributed by atoms with Gasteiger partial charge in [-0.05, 0) is 30.3 Å². The molecule has 0 atom stereocenters. The molecule has 0 heterocycles. The van der Waals surface area contributed by atoms with Crippen LogP contribution in [0.25, 0.3) is 0 Å². The molecule has 100 valence electrons. The maximum atomic E-state index is 11.7. The minimum Gasteiger partial charge on any atom is -0.318 e. The Morgan fingerprint density at radius 1 is 1.17 bits per heavy atom. The first-order valence-corrected chi connectivity index (χ1v) is 8.93. The molecule has 0 fully saturated rings. The van der Waals surface area contributed by atoms with Gasteiger partial charge in [0.2, 0.25) is 8.32 Å². The standard InChI is InChI=1S/C13H22N2O2Si/c1-13(2,3)18(4,5)17-15-12(16)14-11-9-7-6-8-10-11/h6-10H,1-5H3,(H2,14,15,16). The van der Waals surface area contributed by atoms with Gasteiger partial charge in [-0.15, -0.1) is 0 Å². The maximum Gasteiger partial charge on any atom is 0.342 e. The van der Waals surface area contributed by atoms with Crippen molar-refractivity contribution in [1.29, 1.82) is 0 Å². The van der Waals surface area contributed by atoms with Gasteiger partial charge in [0.15, 0.2) is 0 Å². The third-order valence-electron chi connectivity index (χ3n) is 3.24. The number of amides is 2. The van der Waals surface area contributed by atoms with Gasteiger partial charge in [-0.25, -0.2) is 10.3 Å². The Morgan fingerprint density at radius 3 is 2.22 bits per heavy atom. The second-order valence-electron chi connectivity index (χ2n) is 5.78. The van der Waals surface area contributed by atoms with E-state index in [1.807, 2.05) is 30.3 Å². The van der Waals surface area contributed by atoms with Crippen molar-refractivity contribution in [3.8, 4) is 0 Å². The zero-order chi connectivity index (χ0) is 13.8. The Kier molecular flexibility index (Phi) is 4.53. The van der Waals surface area contributed by atoms with Crippen molar-refractivity contribution in [3.05, 3.63) is 30.3 Å². The molecule has 0 aliphatic carbocycles. The summed E-state index contributed by atoms with van der Waals surface area (Å²) >= 11 is 0. The van der Waals surface area contributed by atoms with Gasteiger partial charge in [-0.2, -0.15) is 0 Å². The van der Waals surface area contributed by atoms with Crippen LogP contribution < -0.4 is 10.8 Å². The molecule has 2 N–H and O–H groups in total. The number of urea groups is 1. The molecule has 1 rings (SSSR count). The molecule has 0 saturated carbocycles. The van der Waals surface area contributed by atoms with Gasteiger partial charge in [0.25, 0.3) is 0 Å². The lowest BCUT2D eigenvalue weighted by atomic mass is 10.2. The number of para-hydroxylation sites is 1. The summed E-state index contributed by atoms with van der Waals surface area (Å²) in [5.41, 5.74) is 3.23. The Hall–Kier alpha value is -1.33. The third kappa shape index (κ3) is 4.16. The van der Waals surface area contributed by atoms with Gasteiger partial charge < -0.3 is 9.84 Å². The van der Waals surface area contributed by atoms with Crippen molar-refractivity contribution in [2.24, 2.45) is 0 Å². The Bertz CT molecular complexity index is 399. The fourth-order valence-electron chi connectivity index (χ4n) is 1.01. The van der Waals surface area contributed by atoms with E-state index in [0.717, 1.165) is 5.69 Å². The maximum absolute atomic E-state index is 11.7. The lowest BCUT2D eigenvalue weighted by Gasteiger charge is -2.35. The first-order chi connectivity index (χ1) is 8.22. The monoisotopic (exact) mass is 266 g/mol. The summed E-state index contributed by atoms with van der Waals surface area (Å²) in [6.07, 6.45) is 0. The fourth-order valence-corrected chi connectivity index (χ4v) is 1.66. The summed E-state index contributed by atoms with van der Waals surface area (Å²) in [6.45, 7) is 10.5. The van der Waals surface area contributed by atoms with Crippen LogP contribution in [0.1, 0.15) is 20.8 Å². The number of rotatable bonds is 3. The normalized spacial score (nSPS) is 12.1. The average Bonchev–Trinajstić information content (AvgIpc) is 2.26. The van der Waals surface area contributed by atoms with Crippen LogP contribution in [0, 0.1) is 0 Å². The second-order valence-corrected chi connectivity index (χ2v) is 10.5. The highest BCUT2D eigenvalue weighted by molar-refractivity contribution is 6.74. The topological polar surface area (TPSA) is 50.4 Å². The largest absolute Gasteiger partial charge is 0.342 e. The Balaban J connectivity index is 2.48. The molecule has 0 unspecified atom stereocenters. The number of nitrogens with one attached hydrogen (secondary N) is 2. The van der Waals surface area contributed by atoms with E-state index in [0.29, 0.717) is 0 Å². The smallest absolute Gasteiger partial charge is 0.318 e. The zero-order valence-electron chi connectivity index (χ0n) is 11.7. The molecule has 0 aromatic heterocycles. The second kappa shape index (κ2) is 5.54. The molecule has 4 nitrogen and oxygen atoms in total. The van der Waals surface area contributed by atoms with Crippen LogP contribution in [0.15, 0.2) is 30.3 Å². The molecule has 1 aromatic rings. The van der Waals surface area contributed by atoms with Crippen LogP contribution >= 0.6 is 0 Å². The van der Waals surface area contributed by atoms with Crippen molar-refractivity contribution >= 4 is 20.0 Å². The van der Waals surface area contributed by atoms with Crippen molar-refractivity contribution in [2.45, 2.75) is 38.9 Å². The Morgan fingerprint density at radius 2 is 1.72 bits per heavy atom. The van der Waals surface area contributed by atoms with E-state index in [1.54, 1.807) is 0 Å². The van der Waals surface area contributed by atoms with Crippen molar-refractivity contribution in [2.75, 3.05) is 5.32 Å². The van der Waals surface area contributed by atoms with E-state index in [1.165, 1.54) is 0 Å². The SMILES string of the molecule is CC(C)(C)[Si](C)(C)ONC(=O)Nc1ccccc1. The van der Waals surface area contributed by atoms with Gasteiger partial charge in [-0.1, -0.05) is 39.0 Å². The van der Waals surface area contributed by atoms with Crippen molar-refractivity contribution < 1.29 is 9.32 Å². The minimum absolute atomic E-state index is 0.0625. The van der Waals surface area contributed by atoms with Crippen molar-refractivity contribution in [3.63, 3.8) is 0 Å². The van der Waals surface area contributed by atoms with E-state index in [2.05, 4.69) is 44.7 Å². The molecule has 0 spiro atoms. The van der Waals surface area contributed by atoms with Gasteiger partial charge in [0.05, 0.1) is 0 Å². The number of carbonyl (C=O) groups excluding carboxylic acids is 1. The summed E-state index contributed by atoms with van der Waals surface area (Å²) in [5, 5.41) is 2.78. The highest BCUT2D eigenvalue weighted by Gasteiger charge is 2.38. The molecule has 18 heavy (non-hydrogen) atoms. The first kappa shape index (κ1) is 14.7. The van der Waals surface area contributed by atoms with Crippen LogP contribution in [0.5, 0.6) is 0 Å². The molecular formula is C13H22N2O2Si. The molecule has 0 aliphatic heterocycles. The molecule has 5 heteroatoms. The van der Waals surface area contributed by atoms with E-state index < -0.39 is 8.32 Å². The minimum atomic E-state index is -1.96. The predicted molar refractivity (Wildman–Crippen MR) is 76.9 cm³/mol. The molecule has 2 amide bonds. The summed E-state index contributed by atoms with van der Waals surface area (Å²) in [6, 6.07) is 8.94. The van der Waals surface area contributed by atoms with Gasteiger partial charge >= 0.3 is 6.03 Å². The molecule has 0 aliphatic rings. The van der Waals surface area contributed by atoms with Gasteiger partial charge in [-0.3, -0.25) is 0 Å². The van der Waals surface area contributed by atoms with Crippen LogP contribution in [0.4, 0.5) is 10.5 Å². The third-order valence-corrected chi connectivity index (χ3v) is 7.46. The number of hydrogen-bond donors (Lipinski definition) is 2.